The number of aliphatic hydroxyl groups excluding tert-OH is 1. The lowest BCUT2D eigenvalue weighted by atomic mass is 9.88. The van der Waals surface area contributed by atoms with E-state index in [1.165, 1.54) is 0 Å². The van der Waals surface area contributed by atoms with Crippen LogP contribution in [0.5, 0.6) is 5.75 Å². The molecule has 1 aromatic rings. The van der Waals surface area contributed by atoms with Crippen LogP contribution in [-0.4, -0.2) is 36.5 Å². The normalized spacial score (nSPS) is 17.0. The van der Waals surface area contributed by atoms with Crippen LogP contribution in [0.25, 0.3) is 0 Å². The number of nitrogens with zero attached hydrogens (tertiary/aromatic N) is 1. The van der Waals surface area contributed by atoms with Gasteiger partial charge in [-0.2, -0.15) is 0 Å². The van der Waals surface area contributed by atoms with Crippen molar-refractivity contribution in [3.8, 4) is 5.75 Å². The molecule has 0 amide bonds. The van der Waals surface area contributed by atoms with Crippen LogP contribution >= 0.6 is 0 Å². The van der Waals surface area contributed by atoms with Gasteiger partial charge in [-0.1, -0.05) is 0 Å². The first-order chi connectivity index (χ1) is 8.56. The third-order valence-electron chi connectivity index (χ3n) is 2.80. The van der Waals surface area contributed by atoms with E-state index >= 15 is 0 Å². The Balaban J connectivity index is 2.12. The number of halogens is 1. The minimum atomic E-state index is -0.641. The Labute approximate surface area is 102 Å². The number of hydrogen-bond acceptors (Lipinski definition) is 5. The molecule has 0 aromatic heterocycles. The van der Waals surface area contributed by atoms with E-state index < -0.39 is 16.2 Å². The molecule has 7 heteroatoms. The first-order valence-electron chi connectivity index (χ1n) is 5.32. The Morgan fingerprint density at radius 1 is 1.56 bits per heavy atom. The molecule has 0 spiro atoms. The minimum Gasteiger partial charge on any atom is -0.486 e. The molecule has 2 rings (SSSR count). The fourth-order valence-corrected chi connectivity index (χ4v) is 1.60. The highest BCUT2D eigenvalue weighted by molar-refractivity contribution is 5.46. The molecule has 1 aliphatic rings. The van der Waals surface area contributed by atoms with Gasteiger partial charge in [-0.25, -0.2) is 4.39 Å². The summed E-state index contributed by atoms with van der Waals surface area (Å²) in [5, 5.41) is 19.9. The average molecular weight is 257 g/mol. The van der Waals surface area contributed by atoms with Crippen molar-refractivity contribution >= 4 is 5.69 Å². The second kappa shape index (κ2) is 4.87. The van der Waals surface area contributed by atoms with Crippen molar-refractivity contribution in [2.24, 2.45) is 5.41 Å². The van der Waals surface area contributed by atoms with Gasteiger partial charge >= 0.3 is 5.69 Å². The summed E-state index contributed by atoms with van der Waals surface area (Å²) in [4.78, 5) is 10.1. The van der Waals surface area contributed by atoms with E-state index in [1.807, 2.05) is 0 Å². The molecule has 0 atom stereocenters. The molecule has 1 saturated heterocycles. The van der Waals surface area contributed by atoms with Crippen molar-refractivity contribution in [1.29, 1.82) is 0 Å². The van der Waals surface area contributed by atoms with Gasteiger partial charge in [0.05, 0.1) is 30.2 Å². The van der Waals surface area contributed by atoms with E-state index in [1.54, 1.807) is 0 Å². The Bertz CT molecular complexity index is 455. The van der Waals surface area contributed by atoms with E-state index in [0.717, 1.165) is 18.2 Å². The summed E-state index contributed by atoms with van der Waals surface area (Å²) in [5.41, 5.74) is -0.843. The fraction of sp³-hybridized carbons (Fsp3) is 0.455. The molecule has 0 radical (unpaired) electrons. The van der Waals surface area contributed by atoms with Gasteiger partial charge in [-0.3, -0.25) is 10.1 Å². The Kier molecular flexibility index (Phi) is 3.44. The Morgan fingerprint density at radius 3 is 2.78 bits per heavy atom. The largest absolute Gasteiger partial charge is 0.486 e. The van der Waals surface area contributed by atoms with Crippen LogP contribution in [0.3, 0.4) is 0 Å². The van der Waals surface area contributed by atoms with Crippen molar-refractivity contribution in [2.75, 3.05) is 26.4 Å². The van der Waals surface area contributed by atoms with Crippen LogP contribution in [0.1, 0.15) is 0 Å². The van der Waals surface area contributed by atoms with Crippen LogP contribution < -0.4 is 4.74 Å². The Hall–Kier alpha value is -1.73. The lowest BCUT2D eigenvalue weighted by Gasteiger charge is -2.39. The summed E-state index contributed by atoms with van der Waals surface area (Å²) in [6.07, 6.45) is 0. The summed E-state index contributed by atoms with van der Waals surface area (Å²) in [7, 11) is 0. The summed E-state index contributed by atoms with van der Waals surface area (Å²) < 4.78 is 23.3. The minimum absolute atomic E-state index is 0.0494. The summed E-state index contributed by atoms with van der Waals surface area (Å²) in [6.45, 7) is 0.559. The first-order valence-corrected chi connectivity index (χ1v) is 5.32. The van der Waals surface area contributed by atoms with Crippen molar-refractivity contribution in [1.82, 2.24) is 0 Å². The molecule has 1 N–H and O–H groups in total. The molecule has 1 aromatic carbocycles. The van der Waals surface area contributed by atoms with Crippen LogP contribution in [0, 0.1) is 21.3 Å². The number of aliphatic hydroxyl groups is 1. The Morgan fingerprint density at radius 2 is 2.28 bits per heavy atom. The number of nitro benzene ring substituents is 1. The van der Waals surface area contributed by atoms with E-state index in [2.05, 4.69) is 0 Å². The summed E-state index contributed by atoms with van der Waals surface area (Å²) in [6, 6.07) is 3.01. The number of rotatable bonds is 5. The molecule has 0 saturated carbocycles. The maximum absolute atomic E-state index is 13.0. The third kappa shape index (κ3) is 2.41. The molecular weight excluding hydrogens is 245 g/mol. The zero-order chi connectivity index (χ0) is 13.2. The smallest absolute Gasteiger partial charge is 0.311 e. The molecule has 1 heterocycles. The van der Waals surface area contributed by atoms with Crippen molar-refractivity contribution in [3.63, 3.8) is 0 Å². The van der Waals surface area contributed by atoms with Crippen LogP contribution in [0.4, 0.5) is 10.1 Å². The highest BCUT2D eigenvalue weighted by Gasteiger charge is 2.39. The molecule has 6 nitrogen and oxygen atoms in total. The highest BCUT2D eigenvalue weighted by atomic mass is 19.1. The molecule has 18 heavy (non-hydrogen) atoms. The quantitative estimate of drug-likeness (QED) is 0.631. The SMILES string of the molecule is O=[N+]([O-])c1ccc(F)cc1OCC1(CO)COC1. The van der Waals surface area contributed by atoms with Gasteiger partial charge in [0.15, 0.2) is 5.75 Å². The predicted octanol–water partition coefficient (Wildman–Crippen LogP) is 1.12. The lowest BCUT2D eigenvalue weighted by molar-refractivity contribution is -0.386. The molecular formula is C11H12FNO5. The predicted molar refractivity (Wildman–Crippen MR) is 58.9 cm³/mol. The molecule has 1 aliphatic heterocycles. The van der Waals surface area contributed by atoms with Gasteiger partial charge in [0, 0.05) is 12.1 Å². The average Bonchev–Trinajstić information content (AvgIpc) is 2.28. The second-order valence-electron chi connectivity index (χ2n) is 4.31. The number of hydrogen-bond donors (Lipinski definition) is 1. The molecule has 98 valence electrons. The first kappa shape index (κ1) is 12.7. The highest BCUT2D eigenvalue weighted by Crippen LogP contribution is 2.32. The van der Waals surface area contributed by atoms with Gasteiger partial charge in [0.2, 0.25) is 0 Å². The summed E-state index contributed by atoms with van der Waals surface area (Å²) >= 11 is 0. The van der Waals surface area contributed by atoms with E-state index in [4.69, 9.17) is 9.47 Å². The zero-order valence-corrected chi connectivity index (χ0v) is 9.47. The number of nitro groups is 1. The molecule has 0 bridgehead atoms. The van der Waals surface area contributed by atoms with Crippen LogP contribution in [-0.2, 0) is 4.74 Å². The lowest BCUT2D eigenvalue weighted by Crippen LogP contribution is -2.49. The monoisotopic (exact) mass is 257 g/mol. The van der Waals surface area contributed by atoms with Gasteiger partial charge in [0.25, 0.3) is 0 Å². The zero-order valence-electron chi connectivity index (χ0n) is 9.47. The van der Waals surface area contributed by atoms with Crippen molar-refractivity contribution in [2.45, 2.75) is 0 Å². The van der Waals surface area contributed by atoms with Gasteiger partial charge in [-0.05, 0) is 6.07 Å². The molecule has 0 aliphatic carbocycles. The number of benzene rings is 1. The van der Waals surface area contributed by atoms with E-state index in [-0.39, 0.29) is 24.7 Å². The second-order valence-corrected chi connectivity index (χ2v) is 4.31. The standard InChI is InChI=1S/C11H12FNO5/c12-8-1-2-9(13(15)16)10(3-8)18-7-11(4-14)5-17-6-11/h1-3,14H,4-7H2. The van der Waals surface area contributed by atoms with Crippen LogP contribution in [0.15, 0.2) is 18.2 Å². The van der Waals surface area contributed by atoms with Gasteiger partial charge in [-0.15, -0.1) is 0 Å². The molecule has 1 fully saturated rings. The maximum atomic E-state index is 13.0. The van der Waals surface area contributed by atoms with Gasteiger partial charge in [0.1, 0.15) is 12.4 Å². The number of ether oxygens (including phenoxy) is 2. The van der Waals surface area contributed by atoms with Gasteiger partial charge < -0.3 is 14.6 Å². The van der Waals surface area contributed by atoms with Crippen LogP contribution in [0.2, 0.25) is 0 Å². The fourth-order valence-electron chi connectivity index (χ4n) is 1.60. The topological polar surface area (TPSA) is 81.8 Å². The van der Waals surface area contributed by atoms with Crippen molar-refractivity contribution < 1.29 is 23.9 Å². The van der Waals surface area contributed by atoms with E-state index in [9.17, 15) is 19.6 Å². The maximum Gasteiger partial charge on any atom is 0.311 e. The molecule has 0 unspecified atom stereocenters. The third-order valence-corrected chi connectivity index (χ3v) is 2.80. The summed E-state index contributed by atoms with van der Waals surface area (Å²) in [5.74, 6) is -0.752. The van der Waals surface area contributed by atoms with E-state index in [0.29, 0.717) is 13.2 Å². The van der Waals surface area contributed by atoms with Crippen molar-refractivity contribution in [3.05, 3.63) is 34.1 Å².